The molecule has 3 nitrogen and oxygen atoms in total. The molecule has 0 aromatic heterocycles. The Labute approximate surface area is 132 Å². The van der Waals surface area contributed by atoms with Gasteiger partial charge in [-0.25, -0.2) is 17.5 Å². The van der Waals surface area contributed by atoms with Gasteiger partial charge in [0.1, 0.15) is 10.7 Å². The van der Waals surface area contributed by atoms with Crippen molar-refractivity contribution in [3.63, 3.8) is 0 Å². The molecule has 112 valence electrons. The van der Waals surface area contributed by atoms with E-state index < -0.39 is 15.8 Å². The molecular formula is C15H15BrFNO2S. The van der Waals surface area contributed by atoms with Crippen LogP contribution in [-0.2, 0) is 16.4 Å². The summed E-state index contributed by atoms with van der Waals surface area (Å²) in [7, 11) is -3.84. The average molecular weight is 372 g/mol. The van der Waals surface area contributed by atoms with E-state index in [1.165, 1.54) is 12.1 Å². The van der Waals surface area contributed by atoms with Gasteiger partial charge >= 0.3 is 0 Å². The lowest BCUT2D eigenvalue weighted by molar-refractivity contribution is 0.556. The van der Waals surface area contributed by atoms with Crippen molar-refractivity contribution in [2.24, 2.45) is 0 Å². The predicted molar refractivity (Wildman–Crippen MR) is 84.2 cm³/mol. The molecule has 0 saturated carbocycles. The first kappa shape index (κ1) is 16.1. The van der Waals surface area contributed by atoms with Crippen LogP contribution in [-0.4, -0.2) is 15.0 Å². The predicted octanol–water partition coefficient (Wildman–Crippen LogP) is 3.42. The molecule has 2 rings (SSSR count). The second-order valence-corrected chi connectivity index (χ2v) is 7.30. The number of hydrogen-bond donors (Lipinski definition) is 1. The van der Waals surface area contributed by atoms with E-state index in [4.69, 9.17) is 0 Å². The summed E-state index contributed by atoms with van der Waals surface area (Å²) in [5.41, 5.74) is 2.17. The Kier molecular flexibility index (Phi) is 5.13. The first-order chi connectivity index (χ1) is 9.90. The SMILES string of the molecule is Cc1ccccc1CCNS(=O)(=O)c1ccc(Br)cc1F. The fourth-order valence-corrected chi connectivity index (χ4v) is 3.40. The molecule has 0 aliphatic carbocycles. The number of nitrogens with one attached hydrogen (secondary N) is 1. The second-order valence-electron chi connectivity index (χ2n) is 4.65. The summed E-state index contributed by atoms with van der Waals surface area (Å²) >= 11 is 3.10. The largest absolute Gasteiger partial charge is 0.243 e. The third kappa shape index (κ3) is 4.12. The van der Waals surface area contributed by atoms with Crippen molar-refractivity contribution in [1.82, 2.24) is 4.72 Å². The van der Waals surface area contributed by atoms with Crippen LogP contribution in [0.4, 0.5) is 4.39 Å². The van der Waals surface area contributed by atoms with Crippen LogP contribution < -0.4 is 4.72 Å². The molecule has 0 unspecified atom stereocenters. The summed E-state index contributed by atoms with van der Waals surface area (Å²) in [6.45, 7) is 2.20. The monoisotopic (exact) mass is 371 g/mol. The van der Waals surface area contributed by atoms with Gasteiger partial charge in [0.15, 0.2) is 0 Å². The molecule has 2 aromatic carbocycles. The maximum absolute atomic E-state index is 13.7. The zero-order valence-electron chi connectivity index (χ0n) is 11.4. The Morgan fingerprint density at radius 3 is 2.57 bits per heavy atom. The highest BCUT2D eigenvalue weighted by Gasteiger charge is 2.18. The number of aryl methyl sites for hydroxylation is 1. The fraction of sp³-hybridized carbons (Fsp3) is 0.200. The summed E-state index contributed by atoms with van der Waals surface area (Å²) < 4.78 is 40.8. The van der Waals surface area contributed by atoms with E-state index in [2.05, 4.69) is 20.7 Å². The van der Waals surface area contributed by atoms with Gasteiger partial charge in [-0.2, -0.15) is 0 Å². The zero-order chi connectivity index (χ0) is 15.5. The fourth-order valence-electron chi connectivity index (χ4n) is 1.98. The lowest BCUT2D eigenvalue weighted by atomic mass is 10.1. The summed E-state index contributed by atoms with van der Waals surface area (Å²) in [6, 6.07) is 11.6. The Morgan fingerprint density at radius 1 is 1.19 bits per heavy atom. The minimum Gasteiger partial charge on any atom is -0.211 e. The van der Waals surface area contributed by atoms with Gasteiger partial charge in [0.25, 0.3) is 0 Å². The topological polar surface area (TPSA) is 46.2 Å². The Balaban J connectivity index is 2.07. The van der Waals surface area contributed by atoms with E-state index in [-0.39, 0.29) is 11.4 Å². The molecular weight excluding hydrogens is 357 g/mol. The average Bonchev–Trinajstić information content (AvgIpc) is 2.40. The highest BCUT2D eigenvalue weighted by atomic mass is 79.9. The molecule has 0 aliphatic heterocycles. The highest BCUT2D eigenvalue weighted by Crippen LogP contribution is 2.19. The molecule has 0 saturated heterocycles. The van der Waals surface area contributed by atoms with Crippen molar-refractivity contribution >= 4 is 26.0 Å². The molecule has 0 spiro atoms. The van der Waals surface area contributed by atoms with Gasteiger partial charge in [-0.15, -0.1) is 0 Å². The molecule has 1 N–H and O–H groups in total. The smallest absolute Gasteiger partial charge is 0.211 e. The van der Waals surface area contributed by atoms with Crippen molar-refractivity contribution in [1.29, 1.82) is 0 Å². The number of rotatable bonds is 5. The molecule has 21 heavy (non-hydrogen) atoms. The minimum absolute atomic E-state index is 0.225. The van der Waals surface area contributed by atoms with Crippen molar-refractivity contribution in [3.8, 4) is 0 Å². The van der Waals surface area contributed by atoms with Crippen LogP contribution in [0.5, 0.6) is 0 Å². The van der Waals surface area contributed by atoms with Gasteiger partial charge < -0.3 is 0 Å². The Hall–Kier alpha value is -1.24. The standard InChI is InChI=1S/C15H15BrFNO2S/c1-11-4-2-3-5-12(11)8-9-18-21(19,20)15-7-6-13(16)10-14(15)17/h2-7,10,18H,8-9H2,1H3. The molecule has 0 bridgehead atoms. The quantitative estimate of drug-likeness (QED) is 0.874. The Bertz CT molecular complexity index is 747. The third-order valence-electron chi connectivity index (χ3n) is 3.13. The van der Waals surface area contributed by atoms with Gasteiger partial charge in [-0.05, 0) is 42.7 Å². The highest BCUT2D eigenvalue weighted by molar-refractivity contribution is 9.10. The van der Waals surface area contributed by atoms with Crippen molar-refractivity contribution in [3.05, 3.63) is 63.9 Å². The summed E-state index contributed by atoms with van der Waals surface area (Å²) in [5, 5.41) is 0. The first-order valence-corrected chi connectivity index (χ1v) is 8.67. The van der Waals surface area contributed by atoms with Gasteiger partial charge in [0.2, 0.25) is 10.0 Å². The maximum atomic E-state index is 13.7. The number of benzene rings is 2. The van der Waals surface area contributed by atoms with Crippen molar-refractivity contribution < 1.29 is 12.8 Å². The van der Waals surface area contributed by atoms with Gasteiger partial charge in [0, 0.05) is 11.0 Å². The third-order valence-corrected chi connectivity index (χ3v) is 5.12. The first-order valence-electron chi connectivity index (χ1n) is 6.39. The van der Waals surface area contributed by atoms with Crippen LogP contribution in [0.2, 0.25) is 0 Å². The van der Waals surface area contributed by atoms with Crippen molar-refractivity contribution in [2.75, 3.05) is 6.54 Å². The van der Waals surface area contributed by atoms with Crippen molar-refractivity contribution in [2.45, 2.75) is 18.2 Å². The van der Waals surface area contributed by atoms with Crippen LogP contribution in [0, 0.1) is 12.7 Å². The molecule has 0 heterocycles. The summed E-state index contributed by atoms with van der Waals surface area (Å²) in [5.74, 6) is -0.771. The summed E-state index contributed by atoms with van der Waals surface area (Å²) in [6.07, 6.45) is 0.560. The van der Waals surface area contributed by atoms with E-state index in [0.717, 1.165) is 17.2 Å². The van der Waals surface area contributed by atoms with Gasteiger partial charge in [0.05, 0.1) is 0 Å². The van der Waals surface area contributed by atoms with E-state index in [9.17, 15) is 12.8 Å². The van der Waals surface area contributed by atoms with E-state index in [1.54, 1.807) is 0 Å². The number of halogens is 2. The summed E-state index contributed by atoms with van der Waals surface area (Å²) in [4.78, 5) is -0.338. The van der Waals surface area contributed by atoms with Crippen LogP contribution >= 0.6 is 15.9 Å². The van der Waals surface area contributed by atoms with E-state index >= 15 is 0 Å². The van der Waals surface area contributed by atoms with Crippen LogP contribution in [0.15, 0.2) is 51.8 Å². The van der Waals surface area contributed by atoms with E-state index in [1.807, 2.05) is 31.2 Å². The zero-order valence-corrected chi connectivity index (χ0v) is 13.8. The molecule has 0 radical (unpaired) electrons. The lowest BCUT2D eigenvalue weighted by Crippen LogP contribution is -2.27. The van der Waals surface area contributed by atoms with Crippen LogP contribution in [0.1, 0.15) is 11.1 Å². The molecule has 0 fully saturated rings. The minimum atomic E-state index is -3.84. The second kappa shape index (κ2) is 6.68. The molecule has 2 aromatic rings. The van der Waals surface area contributed by atoms with Crippen LogP contribution in [0.25, 0.3) is 0 Å². The molecule has 0 aliphatic rings. The number of sulfonamides is 1. The molecule has 0 amide bonds. The molecule has 6 heteroatoms. The van der Waals surface area contributed by atoms with Crippen LogP contribution in [0.3, 0.4) is 0 Å². The van der Waals surface area contributed by atoms with Gasteiger partial charge in [-0.1, -0.05) is 40.2 Å². The lowest BCUT2D eigenvalue weighted by Gasteiger charge is -2.09. The normalized spacial score (nSPS) is 11.6. The maximum Gasteiger partial charge on any atom is 0.243 e. The molecule has 0 atom stereocenters. The number of hydrogen-bond acceptors (Lipinski definition) is 2. The van der Waals surface area contributed by atoms with E-state index in [0.29, 0.717) is 10.9 Å². The Morgan fingerprint density at radius 2 is 1.90 bits per heavy atom. The van der Waals surface area contributed by atoms with Gasteiger partial charge in [-0.3, -0.25) is 0 Å².